The molecule has 1 heterocycles. The molecule has 1 fully saturated rings. The van der Waals surface area contributed by atoms with Gasteiger partial charge in [0.15, 0.2) is 6.10 Å². The van der Waals surface area contributed by atoms with Crippen molar-refractivity contribution in [2.75, 3.05) is 0 Å². The minimum atomic E-state index is -2.48. The number of carbonyl (C=O) groups excluding carboxylic acids is 2. The van der Waals surface area contributed by atoms with E-state index in [9.17, 15) is 40.2 Å². The lowest BCUT2D eigenvalue weighted by Crippen LogP contribution is -2.55. The lowest BCUT2D eigenvalue weighted by molar-refractivity contribution is -0.365. The highest BCUT2D eigenvalue weighted by atomic mass is 17.2. The van der Waals surface area contributed by atoms with Gasteiger partial charge in [-0.15, -0.1) is 4.89 Å². The van der Waals surface area contributed by atoms with Gasteiger partial charge in [-0.25, -0.2) is 4.79 Å². The number of aliphatic hydroxyl groups is 7. The first kappa shape index (κ1) is 16.9. The second-order valence-electron chi connectivity index (χ2n) is 4.12. The summed E-state index contributed by atoms with van der Waals surface area (Å²) < 4.78 is 0. The topological polar surface area (TPSA) is 194 Å². The van der Waals surface area contributed by atoms with E-state index < -0.39 is 54.7 Å². The Morgan fingerprint density at radius 3 is 1.70 bits per heavy atom. The minimum Gasteiger partial charge on any atom is -0.387 e. The van der Waals surface area contributed by atoms with Crippen LogP contribution in [0.3, 0.4) is 0 Å². The Balaban J connectivity index is 3.07. The third-order valence-electron chi connectivity index (χ3n) is 2.71. The fraction of sp³-hybridized carbons (Fsp3) is 0.778. The molecule has 0 saturated carbocycles. The first-order valence-corrected chi connectivity index (χ1v) is 5.36. The van der Waals surface area contributed by atoms with Gasteiger partial charge in [0.25, 0.3) is 5.78 Å². The molecule has 0 amide bonds. The standard InChI is InChI=1S/C9H14O11/c10-1-2(11)4(13)6(15)8(17)19-20-9(18)7(16)5(14)3(1)12/h1-6,8,10-15,17H. The predicted octanol–water partition coefficient (Wildman–Crippen LogP) is -5.47. The minimum absolute atomic E-state index is 1.73. The van der Waals surface area contributed by atoms with E-state index in [0.29, 0.717) is 0 Å². The summed E-state index contributed by atoms with van der Waals surface area (Å²) in [5.74, 6) is -3.57. The van der Waals surface area contributed by atoms with Crippen LogP contribution in [0.2, 0.25) is 0 Å². The van der Waals surface area contributed by atoms with Gasteiger partial charge in [0.05, 0.1) is 0 Å². The second-order valence-corrected chi connectivity index (χ2v) is 4.12. The summed E-state index contributed by atoms with van der Waals surface area (Å²) in [6.07, 6.45) is -16.3. The highest BCUT2D eigenvalue weighted by Gasteiger charge is 2.44. The molecule has 0 bridgehead atoms. The molecule has 0 radical (unpaired) electrons. The normalized spacial score (nSPS) is 44.6. The number of hydrogen-bond acceptors (Lipinski definition) is 11. The summed E-state index contributed by atoms with van der Waals surface area (Å²) in [7, 11) is 0. The van der Waals surface area contributed by atoms with Crippen LogP contribution >= 0.6 is 0 Å². The molecule has 11 heteroatoms. The molecule has 0 aliphatic carbocycles. The van der Waals surface area contributed by atoms with Crippen molar-refractivity contribution in [1.29, 1.82) is 0 Å². The third-order valence-corrected chi connectivity index (χ3v) is 2.71. The Labute approximate surface area is 111 Å². The highest BCUT2D eigenvalue weighted by Crippen LogP contribution is 2.15. The van der Waals surface area contributed by atoms with Crippen molar-refractivity contribution in [3.05, 3.63) is 0 Å². The number of ketones is 1. The van der Waals surface area contributed by atoms with Gasteiger partial charge in [-0.05, 0) is 0 Å². The Kier molecular flexibility index (Phi) is 5.50. The van der Waals surface area contributed by atoms with Crippen LogP contribution in [0.5, 0.6) is 0 Å². The monoisotopic (exact) mass is 298 g/mol. The molecule has 1 rings (SSSR count). The van der Waals surface area contributed by atoms with Crippen LogP contribution < -0.4 is 0 Å². The van der Waals surface area contributed by atoms with Crippen LogP contribution in [-0.2, 0) is 19.4 Å². The second kappa shape index (κ2) is 6.51. The Bertz CT molecular complexity index is 371. The maximum Gasteiger partial charge on any atom is 0.411 e. The van der Waals surface area contributed by atoms with Crippen molar-refractivity contribution in [2.24, 2.45) is 0 Å². The van der Waals surface area contributed by atoms with Crippen molar-refractivity contribution in [3.63, 3.8) is 0 Å². The molecular formula is C9H14O11. The zero-order valence-corrected chi connectivity index (χ0v) is 9.80. The van der Waals surface area contributed by atoms with Crippen LogP contribution in [0.25, 0.3) is 0 Å². The Morgan fingerprint density at radius 2 is 1.15 bits per heavy atom. The quantitative estimate of drug-likeness (QED) is 0.166. The van der Waals surface area contributed by atoms with Gasteiger partial charge in [-0.2, -0.15) is 0 Å². The van der Waals surface area contributed by atoms with Crippen molar-refractivity contribution in [2.45, 2.75) is 42.9 Å². The number of aliphatic hydroxyl groups excluding tert-OH is 7. The van der Waals surface area contributed by atoms with E-state index in [1.807, 2.05) is 0 Å². The Morgan fingerprint density at radius 1 is 0.700 bits per heavy atom. The SMILES string of the molecule is O=C1OOC(O)C(O)C(O)C(O)C(O)C(O)C(O)C1=O. The molecule has 116 valence electrons. The van der Waals surface area contributed by atoms with Crippen molar-refractivity contribution >= 4 is 11.8 Å². The first-order chi connectivity index (χ1) is 9.18. The molecule has 0 spiro atoms. The molecular weight excluding hydrogens is 284 g/mol. The van der Waals surface area contributed by atoms with Crippen molar-refractivity contribution in [3.8, 4) is 0 Å². The third kappa shape index (κ3) is 3.28. The summed E-state index contributed by atoms with van der Waals surface area (Å²) in [6.45, 7) is 0. The van der Waals surface area contributed by atoms with Crippen LogP contribution in [0, 0.1) is 0 Å². The van der Waals surface area contributed by atoms with Gasteiger partial charge in [0.1, 0.15) is 30.5 Å². The fourth-order valence-corrected chi connectivity index (χ4v) is 1.43. The van der Waals surface area contributed by atoms with E-state index in [4.69, 9.17) is 5.11 Å². The summed E-state index contributed by atoms with van der Waals surface area (Å²) in [5.41, 5.74) is 0. The average Bonchev–Trinajstić information content (AvgIpc) is 2.46. The lowest BCUT2D eigenvalue weighted by Gasteiger charge is -2.30. The molecule has 0 aromatic heterocycles. The molecule has 1 aliphatic heterocycles. The fourth-order valence-electron chi connectivity index (χ4n) is 1.43. The molecule has 1 saturated heterocycles. The van der Waals surface area contributed by atoms with Gasteiger partial charge in [0, 0.05) is 0 Å². The van der Waals surface area contributed by atoms with Crippen molar-refractivity contribution < 1.29 is 55.1 Å². The Hall–Kier alpha value is -1.18. The summed E-state index contributed by atoms with van der Waals surface area (Å²) in [6, 6.07) is 0. The molecule has 11 nitrogen and oxygen atoms in total. The van der Waals surface area contributed by atoms with Gasteiger partial charge in [0.2, 0.25) is 6.29 Å². The van der Waals surface area contributed by atoms with Gasteiger partial charge in [-0.3, -0.25) is 9.68 Å². The predicted molar refractivity (Wildman–Crippen MR) is 54.2 cm³/mol. The molecule has 0 aromatic carbocycles. The molecule has 20 heavy (non-hydrogen) atoms. The van der Waals surface area contributed by atoms with E-state index in [2.05, 4.69) is 9.78 Å². The summed E-state index contributed by atoms with van der Waals surface area (Å²) in [4.78, 5) is 30.0. The smallest absolute Gasteiger partial charge is 0.387 e. The zero-order chi connectivity index (χ0) is 15.6. The van der Waals surface area contributed by atoms with E-state index in [1.165, 1.54) is 0 Å². The summed E-state index contributed by atoms with van der Waals surface area (Å²) in [5, 5.41) is 65.5. The van der Waals surface area contributed by atoms with Crippen LogP contribution in [0.1, 0.15) is 0 Å². The molecule has 7 N–H and O–H groups in total. The first-order valence-electron chi connectivity index (χ1n) is 5.36. The van der Waals surface area contributed by atoms with Gasteiger partial charge in [-0.1, -0.05) is 0 Å². The highest BCUT2D eigenvalue weighted by molar-refractivity contribution is 6.35. The molecule has 7 unspecified atom stereocenters. The average molecular weight is 298 g/mol. The molecule has 7 atom stereocenters. The van der Waals surface area contributed by atoms with Gasteiger partial charge < -0.3 is 35.7 Å². The van der Waals surface area contributed by atoms with Crippen LogP contribution in [0.4, 0.5) is 0 Å². The zero-order valence-electron chi connectivity index (χ0n) is 9.80. The maximum absolute atomic E-state index is 11.2. The largest absolute Gasteiger partial charge is 0.411 e. The summed E-state index contributed by atoms with van der Waals surface area (Å²) >= 11 is 0. The number of Topliss-reactive ketones (excluding diaryl/α,β-unsaturated/α-hetero) is 1. The van der Waals surface area contributed by atoms with Crippen LogP contribution in [0.15, 0.2) is 0 Å². The maximum atomic E-state index is 11.2. The lowest BCUT2D eigenvalue weighted by atomic mass is 9.95. The number of hydrogen-bond donors (Lipinski definition) is 7. The number of carbonyl (C=O) groups is 2. The van der Waals surface area contributed by atoms with E-state index >= 15 is 0 Å². The van der Waals surface area contributed by atoms with Crippen molar-refractivity contribution in [1.82, 2.24) is 0 Å². The van der Waals surface area contributed by atoms with E-state index in [1.54, 1.807) is 0 Å². The van der Waals surface area contributed by atoms with Crippen LogP contribution in [-0.4, -0.2) is 90.4 Å². The van der Waals surface area contributed by atoms with E-state index in [-0.39, 0.29) is 0 Å². The van der Waals surface area contributed by atoms with Gasteiger partial charge >= 0.3 is 5.97 Å². The van der Waals surface area contributed by atoms with E-state index in [0.717, 1.165) is 0 Å². The molecule has 1 aliphatic rings. The molecule has 0 aromatic rings. The number of rotatable bonds is 0.